The van der Waals surface area contributed by atoms with Crippen molar-refractivity contribution in [1.29, 1.82) is 0 Å². The minimum absolute atomic E-state index is 0.247. The fourth-order valence-electron chi connectivity index (χ4n) is 0.846. The van der Waals surface area contributed by atoms with Crippen LogP contribution in [0.5, 0.6) is 0 Å². The van der Waals surface area contributed by atoms with Gasteiger partial charge in [-0.15, -0.1) is 12.3 Å². The standard InChI is InChI=1S/C12H16O3/c1-4-5-7-12(8-6-9-14-3)10-15-11(2)13/h1,6-8H,5,9-10H2,2-3H3/b8-6-,12-7+. The molecule has 0 aliphatic carbocycles. The molecule has 0 spiro atoms. The Kier molecular flexibility index (Phi) is 8.12. The summed E-state index contributed by atoms with van der Waals surface area (Å²) in [6.45, 7) is 2.14. The molecule has 0 saturated heterocycles. The first-order valence-electron chi connectivity index (χ1n) is 4.62. The molecule has 0 aromatic heterocycles. The third-order valence-electron chi connectivity index (χ3n) is 1.52. The summed E-state index contributed by atoms with van der Waals surface area (Å²) >= 11 is 0. The van der Waals surface area contributed by atoms with Crippen molar-refractivity contribution in [3.8, 4) is 12.3 Å². The first kappa shape index (κ1) is 13.5. The lowest BCUT2D eigenvalue weighted by molar-refractivity contribution is -0.139. The van der Waals surface area contributed by atoms with Gasteiger partial charge in [-0.3, -0.25) is 4.79 Å². The maximum Gasteiger partial charge on any atom is 0.302 e. The number of hydrogen-bond donors (Lipinski definition) is 0. The number of hydrogen-bond acceptors (Lipinski definition) is 3. The van der Waals surface area contributed by atoms with Gasteiger partial charge in [0.2, 0.25) is 0 Å². The summed E-state index contributed by atoms with van der Waals surface area (Å²) in [5, 5.41) is 0. The number of terminal acetylenes is 1. The molecule has 0 unspecified atom stereocenters. The molecule has 0 fully saturated rings. The van der Waals surface area contributed by atoms with Crippen molar-refractivity contribution in [2.24, 2.45) is 0 Å². The Bertz CT molecular complexity index is 282. The zero-order valence-electron chi connectivity index (χ0n) is 9.16. The summed E-state index contributed by atoms with van der Waals surface area (Å²) in [5.74, 6) is 2.19. The van der Waals surface area contributed by atoms with Gasteiger partial charge in [-0.1, -0.05) is 18.2 Å². The quantitative estimate of drug-likeness (QED) is 0.378. The molecule has 0 aliphatic heterocycles. The SMILES string of the molecule is C#CC/C=C(\C=C/COC)COC(C)=O. The van der Waals surface area contributed by atoms with Gasteiger partial charge < -0.3 is 9.47 Å². The number of carbonyl (C=O) groups is 1. The lowest BCUT2D eigenvalue weighted by Gasteiger charge is -2.02. The smallest absolute Gasteiger partial charge is 0.302 e. The normalized spacial score (nSPS) is 11.4. The fourth-order valence-corrected chi connectivity index (χ4v) is 0.846. The van der Waals surface area contributed by atoms with E-state index in [1.807, 2.05) is 18.2 Å². The second-order valence-corrected chi connectivity index (χ2v) is 2.83. The summed E-state index contributed by atoms with van der Waals surface area (Å²) in [7, 11) is 1.61. The van der Waals surface area contributed by atoms with E-state index in [4.69, 9.17) is 15.9 Å². The van der Waals surface area contributed by atoms with Gasteiger partial charge in [0.25, 0.3) is 0 Å². The topological polar surface area (TPSA) is 35.5 Å². The number of methoxy groups -OCH3 is 1. The Morgan fingerprint density at radius 2 is 2.27 bits per heavy atom. The molecule has 0 atom stereocenters. The number of rotatable bonds is 6. The third kappa shape index (κ3) is 8.79. The first-order valence-corrected chi connectivity index (χ1v) is 4.62. The van der Waals surface area contributed by atoms with Crippen LogP contribution in [0.2, 0.25) is 0 Å². The van der Waals surface area contributed by atoms with Crippen molar-refractivity contribution in [3.05, 3.63) is 23.8 Å². The molecule has 3 heteroatoms. The summed E-state index contributed by atoms with van der Waals surface area (Å²) < 4.78 is 9.72. The van der Waals surface area contributed by atoms with Gasteiger partial charge in [-0.05, 0) is 5.57 Å². The van der Waals surface area contributed by atoms with Crippen LogP contribution in [0.1, 0.15) is 13.3 Å². The Hall–Kier alpha value is -1.53. The van der Waals surface area contributed by atoms with Gasteiger partial charge in [0.15, 0.2) is 0 Å². The molecule has 0 bridgehead atoms. The van der Waals surface area contributed by atoms with Crippen LogP contribution < -0.4 is 0 Å². The van der Waals surface area contributed by atoms with E-state index in [-0.39, 0.29) is 12.6 Å². The van der Waals surface area contributed by atoms with Crippen molar-refractivity contribution in [2.75, 3.05) is 20.3 Å². The number of carbonyl (C=O) groups excluding carboxylic acids is 1. The summed E-state index contributed by atoms with van der Waals surface area (Å²) in [5.41, 5.74) is 0.875. The molecule has 0 amide bonds. The fraction of sp³-hybridized carbons (Fsp3) is 0.417. The van der Waals surface area contributed by atoms with Gasteiger partial charge in [-0.25, -0.2) is 0 Å². The molecule has 15 heavy (non-hydrogen) atoms. The molecule has 0 aliphatic rings. The highest BCUT2D eigenvalue weighted by molar-refractivity contribution is 5.66. The van der Waals surface area contributed by atoms with E-state index in [0.717, 1.165) is 5.57 Å². The lowest BCUT2D eigenvalue weighted by atomic mass is 10.2. The van der Waals surface area contributed by atoms with E-state index in [0.29, 0.717) is 13.0 Å². The van der Waals surface area contributed by atoms with E-state index in [2.05, 4.69) is 5.92 Å². The van der Waals surface area contributed by atoms with Gasteiger partial charge in [0.05, 0.1) is 6.61 Å². The van der Waals surface area contributed by atoms with Crippen LogP contribution in [-0.2, 0) is 14.3 Å². The van der Waals surface area contributed by atoms with E-state index < -0.39 is 0 Å². The van der Waals surface area contributed by atoms with Crippen LogP contribution in [0.25, 0.3) is 0 Å². The van der Waals surface area contributed by atoms with Crippen LogP contribution in [0.15, 0.2) is 23.8 Å². The van der Waals surface area contributed by atoms with Gasteiger partial charge in [0, 0.05) is 20.5 Å². The van der Waals surface area contributed by atoms with Crippen molar-refractivity contribution in [2.45, 2.75) is 13.3 Å². The molecule has 0 saturated carbocycles. The molecule has 3 nitrogen and oxygen atoms in total. The van der Waals surface area contributed by atoms with E-state index >= 15 is 0 Å². The van der Waals surface area contributed by atoms with Gasteiger partial charge in [0.1, 0.15) is 6.61 Å². The molecule has 0 N–H and O–H groups in total. The zero-order valence-corrected chi connectivity index (χ0v) is 9.16. The zero-order chi connectivity index (χ0) is 11.5. The average Bonchev–Trinajstić information content (AvgIpc) is 2.21. The Labute approximate surface area is 90.8 Å². The van der Waals surface area contributed by atoms with Crippen LogP contribution in [0.4, 0.5) is 0 Å². The lowest BCUT2D eigenvalue weighted by Crippen LogP contribution is -2.02. The number of allylic oxidation sites excluding steroid dienone is 1. The van der Waals surface area contributed by atoms with Crippen LogP contribution in [-0.4, -0.2) is 26.3 Å². The second kappa shape index (κ2) is 9.04. The Balaban J connectivity index is 4.19. The first-order chi connectivity index (χ1) is 7.20. The minimum atomic E-state index is -0.304. The van der Waals surface area contributed by atoms with Gasteiger partial charge in [-0.2, -0.15) is 0 Å². The monoisotopic (exact) mass is 208 g/mol. The minimum Gasteiger partial charge on any atom is -0.461 e. The van der Waals surface area contributed by atoms with Crippen molar-refractivity contribution >= 4 is 5.97 Å². The van der Waals surface area contributed by atoms with E-state index in [9.17, 15) is 4.79 Å². The average molecular weight is 208 g/mol. The van der Waals surface area contributed by atoms with Crippen LogP contribution >= 0.6 is 0 Å². The summed E-state index contributed by atoms with van der Waals surface area (Å²) in [6, 6.07) is 0. The highest BCUT2D eigenvalue weighted by Gasteiger charge is 1.95. The van der Waals surface area contributed by atoms with Crippen molar-refractivity contribution in [1.82, 2.24) is 0 Å². The van der Waals surface area contributed by atoms with Crippen molar-refractivity contribution < 1.29 is 14.3 Å². The number of esters is 1. The molecule has 0 aromatic carbocycles. The second-order valence-electron chi connectivity index (χ2n) is 2.83. The molecule has 82 valence electrons. The summed E-state index contributed by atoms with van der Waals surface area (Å²) in [6.07, 6.45) is 11.2. The Morgan fingerprint density at radius 3 is 2.80 bits per heavy atom. The molecular weight excluding hydrogens is 192 g/mol. The molecule has 0 rings (SSSR count). The number of ether oxygens (including phenoxy) is 2. The molecule has 0 aromatic rings. The molecular formula is C12H16O3. The van der Waals surface area contributed by atoms with E-state index in [1.165, 1.54) is 6.92 Å². The summed E-state index contributed by atoms with van der Waals surface area (Å²) in [4.78, 5) is 10.6. The maximum absolute atomic E-state index is 10.6. The predicted molar refractivity (Wildman–Crippen MR) is 59.2 cm³/mol. The van der Waals surface area contributed by atoms with E-state index in [1.54, 1.807) is 7.11 Å². The highest BCUT2D eigenvalue weighted by atomic mass is 16.5. The molecule has 0 radical (unpaired) electrons. The Morgan fingerprint density at radius 1 is 1.53 bits per heavy atom. The van der Waals surface area contributed by atoms with Crippen LogP contribution in [0, 0.1) is 12.3 Å². The predicted octanol–water partition coefficient (Wildman–Crippen LogP) is 1.70. The highest BCUT2D eigenvalue weighted by Crippen LogP contribution is 2.00. The molecule has 0 heterocycles. The largest absolute Gasteiger partial charge is 0.461 e. The van der Waals surface area contributed by atoms with Crippen molar-refractivity contribution in [3.63, 3.8) is 0 Å². The maximum atomic E-state index is 10.6. The van der Waals surface area contributed by atoms with Crippen LogP contribution in [0.3, 0.4) is 0 Å². The van der Waals surface area contributed by atoms with Gasteiger partial charge >= 0.3 is 5.97 Å². The third-order valence-corrected chi connectivity index (χ3v) is 1.52.